The van der Waals surface area contributed by atoms with Gasteiger partial charge in [-0.2, -0.15) is 0 Å². The smallest absolute Gasteiger partial charge is 0.0597 e. The summed E-state index contributed by atoms with van der Waals surface area (Å²) in [5.74, 6) is 0.471. The monoisotopic (exact) mass is 302 g/mol. The fourth-order valence-electron chi connectivity index (χ4n) is 3.91. The van der Waals surface area contributed by atoms with Crippen molar-refractivity contribution >= 4 is 0 Å². The van der Waals surface area contributed by atoms with Crippen LogP contribution in [0.1, 0.15) is 50.0 Å². The Morgan fingerprint density at radius 3 is 2.45 bits per heavy atom. The second-order valence-electron chi connectivity index (χ2n) is 6.92. The zero-order valence-electron chi connectivity index (χ0n) is 13.6. The van der Waals surface area contributed by atoms with Gasteiger partial charge in [0.1, 0.15) is 0 Å². The third-order valence-corrected chi connectivity index (χ3v) is 5.23. The normalized spacial score (nSPS) is 27.9. The Morgan fingerprint density at radius 1 is 1.00 bits per heavy atom. The predicted octanol–water partition coefficient (Wildman–Crippen LogP) is 3.15. The molecule has 0 radical (unpaired) electrons. The van der Waals surface area contributed by atoms with Crippen molar-refractivity contribution in [3.63, 3.8) is 0 Å². The molecule has 1 aromatic rings. The lowest BCUT2D eigenvalue weighted by Gasteiger charge is -2.19. The molecule has 0 amide bonds. The highest BCUT2D eigenvalue weighted by Gasteiger charge is 2.30. The van der Waals surface area contributed by atoms with Crippen LogP contribution in [0.2, 0.25) is 0 Å². The van der Waals surface area contributed by atoms with Crippen molar-refractivity contribution in [1.82, 2.24) is 4.90 Å². The molecule has 3 nitrogen and oxygen atoms in total. The molecule has 1 aliphatic carbocycles. The van der Waals surface area contributed by atoms with E-state index in [1.165, 1.54) is 44.1 Å². The number of likely N-dealkylation sites (tertiary alicyclic amines) is 1. The number of rotatable bonds is 5. The highest BCUT2D eigenvalue weighted by Crippen LogP contribution is 2.26. The van der Waals surface area contributed by atoms with Crippen molar-refractivity contribution in [3.8, 4) is 0 Å². The molecule has 122 valence electrons. The summed E-state index contributed by atoms with van der Waals surface area (Å²) in [6.45, 7) is 3.94. The summed E-state index contributed by atoms with van der Waals surface area (Å²) in [4.78, 5) is 2.47. The SMILES string of the molecule is N[C@@H]1CN(CCOC2CCCCCC2)C[C@H]1c1ccccc1. The maximum Gasteiger partial charge on any atom is 0.0597 e. The third kappa shape index (κ3) is 4.31. The number of nitrogens with zero attached hydrogens (tertiary/aromatic N) is 1. The van der Waals surface area contributed by atoms with E-state index in [-0.39, 0.29) is 6.04 Å². The van der Waals surface area contributed by atoms with E-state index >= 15 is 0 Å². The average Bonchev–Trinajstić information content (AvgIpc) is 2.74. The van der Waals surface area contributed by atoms with Gasteiger partial charge in [0.25, 0.3) is 0 Å². The van der Waals surface area contributed by atoms with Crippen LogP contribution in [0.4, 0.5) is 0 Å². The minimum atomic E-state index is 0.250. The highest BCUT2D eigenvalue weighted by atomic mass is 16.5. The van der Waals surface area contributed by atoms with Crippen LogP contribution in [-0.2, 0) is 4.74 Å². The maximum atomic E-state index is 6.35. The molecule has 0 aromatic heterocycles. The minimum Gasteiger partial charge on any atom is -0.377 e. The van der Waals surface area contributed by atoms with Crippen LogP contribution in [-0.4, -0.2) is 43.3 Å². The quantitative estimate of drug-likeness (QED) is 0.849. The lowest BCUT2D eigenvalue weighted by Crippen LogP contribution is -2.30. The second kappa shape index (κ2) is 8.09. The second-order valence-corrected chi connectivity index (χ2v) is 6.92. The van der Waals surface area contributed by atoms with E-state index in [4.69, 9.17) is 10.5 Å². The third-order valence-electron chi connectivity index (χ3n) is 5.23. The fourth-order valence-corrected chi connectivity index (χ4v) is 3.91. The predicted molar refractivity (Wildman–Crippen MR) is 91.0 cm³/mol. The molecule has 1 saturated heterocycles. The van der Waals surface area contributed by atoms with Crippen molar-refractivity contribution in [2.75, 3.05) is 26.2 Å². The summed E-state index contributed by atoms with van der Waals surface area (Å²) >= 11 is 0. The zero-order valence-corrected chi connectivity index (χ0v) is 13.6. The van der Waals surface area contributed by atoms with E-state index in [0.29, 0.717) is 12.0 Å². The number of nitrogens with two attached hydrogens (primary N) is 1. The van der Waals surface area contributed by atoms with Gasteiger partial charge in [-0.05, 0) is 18.4 Å². The van der Waals surface area contributed by atoms with Gasteiger partial charge in [0.05, 0.1) is 12.7 Å². The Labute approximate surface area is 134 Å². The molecule has 2 aliphatic rings. The first-order chi connectivity index (χ1) is 10.8. The van der Waals surface area contributed by atoms with Crippen molar-refractivity contribution < 1.29 is 4.74 Å². The largest absolute Gasteiger partial charge is 0.377 e. The minimum absolute atomic E-state index is 0.250. The van der Waals surface area contributed by atoms with E-state index < -0.39 is 0 Å². The Balaban J connectivity index is 1.42. The topological polar surface area (TPSA) is 38.5 Å². The number of ether oxygens (including phenoxy) is 1. The van der Waals surface area contributed by atoms with Crippen LogP contribution in [0.5, 0.6) is 0 Å². The van der Waals surface area contributed by atoms with Crippen LogP contribution in [0.3, 0.4) is 0 Å². The standard InChI is InChI=1S/C19H30N2O/c20-19-15-21(14-18(19)16-8-4-3-5-9-16)12-13-22-17-10-6-1-2-7-11-17/h3-5,8-9,17-19H,1-2,6-7,10-15,20H2/t18-,19+/m0/s1. The van der Waals surface area contributed by atoms with Gasteiger partial charge in [-0.1, -0.05) is 56.0 Å². The van der Waals surface area contributed by atoms with Gasteiger partial charge >= 0.3 is 0 Å². The Bertz CT molecular complexity index is 428. The molecule has 1 saturated carbocycles. The first kappa shape index (κ1) is 16.0. The first-order valence-electron chi connectivity index (χ1n) is 8.97. The van der Waals surface area contributed by atoms with Gasteiger partial charge < -0.3 is 10.5 Å². The summed E-state index contributed by atoms with van der Waals surface area (Å²) < 4.78 is 6.12. The van der Waals surface area contributed by atoms with Crippen molar-refractivity contribution in [2.45, 2.75) is 56.6 Å². The molecule has 0 bridgehead atoms. The van der Waals surface area contributed by atoms with Gasteiger partial charge in [0.2, 0.25) is 0 Å². The number of benzene rings is 1. The van der Waals surface area contributed by atoms with Crippen LogP contribution in [0.25, 0.3) is 0 Å². The molecule has 1 heterocycles. The van der Waals surface area contributed by atoms with Crippen molar-refractivity contribution in [2.24, 2.45) is 5.73 Å². The fraction of sp³-hybridized carbons (Fsp3) is 0.684. The number of hydrogen-bond acceptors (Lipinski definition) is 3. The molecule has 2 fully saturated rings. The van der Waals surface area contributed by atoms with Gasteiger partial charge in [0, 0.05) is 31.6 Å². The van der Waals surface area contributed by atoms with Crippen LogP contribution >= 0.6 is 0 Å². The summed E-state index contributed by atoms with van der Waals surface area (Å²) in [5.41, 5.74) is 7.73. The molecule has 2 atom stereocenters. The summed E-state index contributed by atoms with van der Waals surface area (Å²) in [7, 11) is 0. The molecule has 1 aliphatic heterocycles. The van der Waals surface area contributed by atoms with E-state index in [1.807, 2.05) is 0 Å². The molecule has 22 heavy (non-hydrogen) atoms. The van der Waals surface area contributed by atoms with Crippen molar-refractivity contribution in [3.05, 3.63) is 35.9 Å². The van der Waals surface area contributed by atoms with Crippen molar-refractivity contribution in [1.29, 1.82) is 0 Å². The first-order valence-corrected chi connectivity index (χ1v) is 8.97. The Hall–Kier alpha value is -0.900. The summed E-state index contributed by atoms with van der Waals surface area (Å²) in [6.07, 6.45) is 8.48. The van der Waals surface area contributed by atoms with E-state index in [1.54, 1.807) is 0 Å². The van der Waals surface area contributed by atoms with Gasteiger partial charge in [-0.3, -0.25) is 4.90 Å². The maximum absolute atomic E-state index is 6.35. The summed E-state index contributed by atoms with van der Waals surface area (Å²) in [6, 6.07) is 11.0. The molecule has 1 aromatic carbocycles. The van der Waals surface area contributed by atoms with Crippen LogP contribution < -0.4 is 5.73 Å². The molecule has 0 spiro atoms. The molecular weight excluding hydrogens is 272 g/mol. The molecular formula is C19H30N2O. The zero-order chi connectivity index (χ0) is 15.2. The van der Waals surface area contributed by atoms with E-state index in [0.717, 1.165) is 26.2 Å². The van der Waals surface area contributed by atoms with Gasteiger partial charge in [-0.15, -0.1) is 0 Å². The van der Waals surface area contributed by atoms with Crippen LogP contribution in [0.15, 0.2) is 30.3 Å². The Kier molecular flexibility index (Phi) is 5.88. The van der Waals surface area contributed by atoms with Gasteiger partial charge in [-0.25, -0.2) is 0 Å². The van der Waals surface area contributed by atoms with Crippen LogP contribution in [0, 0.1) is 0 Å². The summed E-state index contributed by atoms with van der Waals surface area (Å²) in [5, 5.41) is 0. The molecule has 2 N–H and O–H groups in total. The van der Waals surface area contributed by atoms with Gasteiger partial charge in [0.15, 0.2) is 0 Å². The average molecular weight is 302 g/mol. The number of hydrogen-bond donors (Lipinski definition) is 1. The molecule has 3 heteroatoms. The lowest BCUT2D eigenvalue weighted by atomic mass is 9.95. The lowest BCUT2D eigenvalue weighted by molar-refractivity contribution is 0.0317. The Morgan fingerprint density at radius 2 is 1.73 bits per heavy atom. The highest BCUT2D eigenvalue weighted by molar-refractivity contribution is 5.23. The molecule has 0 unspecified atom stereocenters. The van der Waals surface area contributed by atoms with E-state index in [2.05, 4.69) is 35.2 Å². The molecule has 3 rings (SSSR count). The van der Waals surface area contributed by atoms with E-state index in [9.17, 15) is 0 Å².